The van der Waals surface area contributed by atoms with E-state index in [-0.39, 0.29) is 5.38 Å². The highest BCUT2D eigenvalue weighted by Crippen LogP contribution is 2.09. The normalized spacial score (nSPS) is 12.8. The average molecular weight is 232 g/mol. The molecule has 0 aliphatic heterocycles. The second-order valence-corrected chi connectivity index (χ2v) is 4.55. The smallest absolute Gasteiger partial charge is 0.0406 e. The first-order valence-corrected chi connectivity index (χ1v) is 5.59. The van der Waals surface area contributed by atoms with Gasteiger partial charge >= 0.3 is 0 Å². The van der Waals surface area contributed by atoms with Crippen molar-refractivity contribution in [2.45, 2.75) is 25.3 Å². The summed E-state index contributed by atoms with van der Waals surface area (Å²) in [5, 5.41) is 4.35. The third kappa shape index (κ3) is 4.85. The fraction of sp³-hybridized carbons (Fsp3) is 0.455. The molecule has 0 aliphatic rings. The summed E-state index contributed by atoms with van der Waals surface area (Å²) >= 11 is 11.6. The average Bonchev–Trinajstić information content (AvgIpc) is 2.15. The van der Waals surface area contributed by atoms with Crippen molar-refractivity contribution >= 4 is 23.2 Å². The summed E-state index contributed by atoms with van der Waals surface area (Å²) in [4.78, 5) is 0. The Bertz CT molecular complexity index is 256. The summed E-state index contributed by atoms with van der Waals surface area (Å²) in [6.07, 6.45) is 0.995. The topological polar surface area (TPSA) is 12.0 Å². The van der Waals surface area contributed by atoms with Crippen molar-refractivity contribution in [3.8, 4) is 0 Å². The molecule has 78 valence electrons. The van der Waals surface area contributed by atoms with Crippen LogP contribution in [-0.2, 0) is 6.54 Å². The van der Waals surface area contributed by atoms with Gasteiger partial charge in [-0.2, -0.15) is 0 Å². The monoisotopic (exact) mass is 231 g/mol. The van der Waals surface area contributed by atoms with E-state index in [1.807, 2.05) is 31.2 Å². The van der Waals surface area contributed by atoms with E-state index in [9.17, 15) is 0 Å². The van der Waals surface area contributed by atoms with Gasteiger partial charge in [0.25, 0.3) is 0 Å². The third-order valence-electron chi connectivity index (χ3n) is 1.96. The van der Waals surface area contributed by atoms with Crippen molar-refractivity contribution < 1.29 is 0 Å². The van der Waals surface area contributed by atoms with Crippen LogP contribution in [0.5, 0.6) is 0 Å². The van der Waals surface area contributed by atoms with E-state index in [1.165, 1.54) is 5.56 Å². The van der Waals surface area contributed by atoms with Gasteiger partial charge in [0.1, 0.15) is 0 Å². The number of alkyl halides is 1. The molecule has 0 saturated heterocycles. The zero-order chi connectivity index (χ0) is 10.4. The molecular weight excluding hydrogens is 217 g/mol. The van der Waals surface area contributed by atoms with Crippen molar-refractivity contribution in [3.05, 3.63) is 34.9 Å². The van der Waals surface area contributed by atoms with E-state index >= 15 is 0 Å². The molecule has 1 unspecified atom stereocenters. The quantitative estimate of drug-likeness (QED) is 0.605. The first kappa shape index (κ1) is 11.8. The van der Waals surface area contributed by atoms with Gasteiger partial charge in [0, 0.05) is 16.9 Å². The Hall–Kier alpha value is -0.240. The van der Waals surface area contributed by atoms with Crippen LogP contribution < -0.4 is 5.32 Å². The van der Waals surface area contributed by atoms with E-state index in [0.29, 0.717) is 0 Å². The predicted octanol–water partition coefficient (Wildman–Crippen LogP) is 3.45. The number of nitrogens with one attached hydrogen (secondary N) is 1. The summed E-state index contributed by atoms with van der Waals surface area (Å²) < 4.78 is 0. The minimum atomic E-state index is 0.243. The molecule has 0 amide bonds. The molecule has 14 heavy (non-hydrogen) atoms. The van der Waals surface area contributed by atoms with Gasteiger partial charge in [0.15, 0.2) is 0 Å². The number of hydrogen-bond donors (Lipinski definition) is 1. The standard InChI is InChI=1S/C11H15Cl2N/c1-9(12)6-7-14-8-10-2-4-11(13)5-3-10/h2-5,9,14H,6-8H2,1H3. The number of halogens is 2. The molecule has 1 nitrogen and oxygen atoms in total. The van der Waals surface area contributed by atoms with Crippen LogP contribution in [0.1, 0.15) is 18.9 Å². The van der Waals surface area contributed by atoms with Crippen LogP contribution in [0.2, 0.25) is 5.02 Å². The van der Waals surface area contributed by atoms with Gasteiger partial charge in [-0.1, -0.05) is 23.7 Å². The van der Waals surface area contributed by atoms with Gasteiger partial charge < -0.3 is 5.32 Å². The molecule has 0 aliphatic carbocycles. The van der Waals surface area contributed by atoms with Gasteiger partial charge in [-0.05, 0) is 37.6 Å². The maximum atomic E-state index is 5.82. The summed E-state index contributed by atoms with van der Waals surface area (Å²) in [7, 11) is 0. The van der Waals surface area contributed by atoms with Crippen LogP contribution in [0, 0.1) is 0 Å². The van der Waals surface area contributed by atoms with E-state index < -0.39 is 0 Å². The zero-order valence-electron chi connectivity index (χ0n) is 8.26. The highest BCUT2D eigenvalue weighted by molar-refractivity contribution is 6.30. The minimum absolute atomic E-state index is 0.243. The molecule has 0 aromatic heterocycles. The molecule has 1 aromatic rings. The highest BCUT2D eigenvalue weighted by atomic mass is 35.5. The maximum Gasteiger partial charge on any atom is 0.0406 e. The minimum Gasteiger partial charge on any atom is -0.313 e. The van der Waals surface area contributed by atoms with Crippen LogP contribution in [0.25, 0.3) is 0 Å². The van der Waals surface area contributed by atoms with Gasteiger partial charge in [-0.15, -0.1) is 11.6 Å². The number of rotatable bonds is 5. The Labute approximate surface area is 95.4 Å². The lowest BCUT2D eigenvalue weighted by atomic mass is 10.2. The Morgan fingerprint density at radius 3 is 2.50 bits per heavy atom. The van der Waals surface area contributed by atoms with Crippen LogP contribution >= 0.6 is 23.2 Å². The highest BCUT2D eigenvalue weighted by Gasteiger charge is 1.96. The molecule has 3 heteroatoms. The van der Waals surface area contributed by atoms with Gasteiger partial charge in [0.2, 0.25) is 0 Å². The SMILES string of the molecule is CC(Cl)CCNCc1ccc(Cl)cc1. The molecule has 1 aromatic carbocycles. The zero-order valence-corrected chi connectivity index (χ0v) is 9.78. The second-order valence-electron chi connectivity index (χ2n) is 3.37. The van der Waals surface area contributed by atoms with E-state index in [1.54, 1.807) is 0 Å². The molecular formula is C11H15Cl2N. The second kappa shape index (κ2) is 6.28. The summed E-state index contributed by atoms with van der Waals surface area (Å²) in [6, 6.07) is 7.87. The molecule has 0 heterocycles. The summed E-state index contributed by atoms with van der Waals surface area (Å²) in [5.74, 6) is 0. The number of benzene rings is 1. The lowest BCUT2D eigenvalue weighted by Crippen LogP contribution is -2.16. The van der Waals surface area contributed by atoms with Gasteiger partial charge in [-0.3, -0.25) is 0 Å². The Balaban J connectivity index is 2.21. The number of hydrogen-bond acceptors (Lipinski definition) is 1. The largest absolute Gasteiger partial charge is 0.313 e. The van der Waals surface area contributed by atoms with Crippen molar-refractivity contribution in [3.63, 3.8) is 0 Å². The van der Waals surface area contributed by atoms with Crippen molar-refractivity contribution in [1.82, 2.24) is 5.32 Å². The molecule has 0 fully saturated rings. The fourth-order valence-corrected chi connectivity index (χ4v) is 1.37. The van der Waals surface area contributed by atoms with Crippen LogP contribution in [0.4, 0.5) is 0 Å². The molecule has 0 radical (unpaired) electrons. The fourth-order valence-electron chi connectivity index (χ4n) is 1.14. The molecule has 0 spiro atoms. The predicted molar refractivity (Wildman–Crippen MR) is 63.1 cm³/mol. The molecule has 0 bridgehead atoms. The lowest BCUT2D eigenvalue weighted by molar-refractivity contribution is 0.645. The van der Waals surface area contributed by atoms with Crippen LogP contribution in [-0.4, -0.2) is 11.9 Å². The Morgan fingerprint density at radius 2 is 1.93 bits per heavy atom. The van der Waals surface area contributed by atoms with Gasteiger partial charge in [-0.25, -0.2) is 0 Å². The van der Waals surface area contributed by atoms with E-state index in [0.717, 1.165) is 24.5 Å². The lowest BCUT2D eigenvalue weighted by Gasteiger charge is -2.05. The third-order valence-corrected chi connectivity index (χ3v) is 2.43. The van der Waals surface area contributed by atoms with Crippen molar-refractivity contribution in [2.75, 3.05) is 6.54 Å². The maximum absolute atomic E-state index is 5.82. The summed E-state index contributed by atoms with van der Waals surface area (Å²) in [5.41, 5.74) is 1.25. The summed E-state index contributed by atoms with van der Waals surface area (Å²) in [6.45, 7) is 3.83. The first-order valence-electron chi connectivity index (χ1n) is 4.77. The van der Waals surface area contributed by atoms with E-state index in [2.05, 4.69) is 5.32 Å². The Kier molecular flexibility index (Phi) is 5.31. The Morgan fingerprint density at radius 1 is 1.29 bits per heavy atom. The first-order chi connectivity index (χ1) is 6.68. The van der Waals surface area contributed by atoms with Gasteiger partial charge in [0.05, 0.1) is 0 Å². The molecule has 1 atom stereocenters. The molecule has 1 N–H and O–H groups in total. The van der Waals surface area contributed by atoms with Crippen LogP contribution in [0.15, 0.2) is 24.3 Å². The molecule has 1 rings (SSSR count). The molecule has 0 saturated carbocycles. The van der Waals surface area contributed by atoms with E-state index in [4.69, 9.17) is 23.2 Å². The van der Waals surface area contributed by atoms with Crippen molar-refractivity contribution in [2.24, 2.45) is 0 Å². The van der Waals surface area contributed by atoms with Crippen molar-refractivity contribution in [1.29, 1.82) is 0 Å². The van der Waals surface area contributed by atoms with Crippen LogP contribution in [0.3, 0.4) is 0 Å².